The standard InChI is InChI=1S/C17H20BrN3O5/c1-20-10-14(23)21(17(20)25)9-3-4-13(22)19-15(16(24)26-2)11-5-7-12(18)8-6-11/h5-8,15H,3-4,9-10H2,1-2H3,(H,19,22). The summed E-state index contributed by atoms with van der Waals surface area (Å²) >= 11 is 3.31. The zero-order valence-corrected chi connectivity index (χ0v) is 16.1. The van der Waals surface area contributed by atoms with Crippen molar-refractivity contribution in [2.45, 2.75) is 18.9 Å². The summed E-state index contributed by atoms with van der Waals surface area (Å²) in [6.07, 6.45) is 0.385. The number of likely N-dealkylation sites (N-methyl/N-ethyl adjacent to an activating group) is 1. The number of methoxy groups -OCH3 is 1. The van der Waals surface area contributed by atoms with Gasteiger partial charge in [0.15, 0.2) is 6.04 Å². The van der Waals surface area contributed by atoms with Crippen molar-refractivity contribution in [2.24, 2.45) is 0 Å². The lowest BCUT2D eigenvalue weighted by Crippen LogP contribution is -2.36. The van der Waals surface area contributed by atoms with Crippen LogP contribution >= 0.6 is 15.9 Å². The molecule has 4 amide bonds. The van der Waals surface area contributed by atoms with E-state index >= 15 is 0 Å². The average molecular weight is 426 g/mol. The number of rotatable bonds is 7. The minimum atomic E-state index is -0.915. The zero-order valence-electron chi connectivity index (χ0n) is 14.5. The van der Waals surface area contributed by atoms with Crippen LogP contribution in [0.4, 0.5) is 4.79 Å². The Morgan fingerprint density at radius 1 is 1.27 bits per heavy atom. The number of esters is 1. The van der Waals surface area contributed by atoms with E-state index in [1.54, 1.807) is 31.3 Å². The van der Waals surface area contributed by atoms with Crippen molar-refractivity contribution in [1.29, 1.82) is 0 Å². The Hall–Kier alpha value is -2.42. The fourth-order valence-corrected chi connectivity index (χ4v) is 2.84. The first-order valence-electron chi connectivity index (χ1n) is 8.01. The molecule has 1 unspecified atom stereocenters. The molecule has 1 atom stereocenters. The van der Waals surface area contributed by atoms with E-state index in [1.807, 2.05) is 0 Å². The fourth-order valence-electron chi connectivity index (χ4n) is 2.57. The van der Waals surface area contributed by atoms with Gasteiger partial charge in [-0.25, -0.2) is 9.59 Å². The first-order valence-corrected chi connectivity index (χ1v) is 8.81. The van der Waals surface area contributed by atoms with Crippen molar-refractivity contribution >= 4 is 39.7 Å². The topological polar surface area (TPSA) is 96.0 Å². The van der Waals surface area contributed by atoms with E-state index < -0.39 is 12.0 Å². The second kappa shape index (κ2) is 8.79. The molecular formula is C17H20BrN3O5. The molecule has 0 spiro atoms. The van der Waals surface area contributed by atoms with Crippen LogP contribution in [0.2, 0.25) is 0 Å². The molecule has 8 nitrogen and oxygen atoms in total. The first kappa shape index (κ1) is 19.9. The number of ether oxygens (including phenoxy) is 1. The summed E-state index contributed by atoms with van der Waals surface area (Å²) < 4.78 is 5.60. The molecule has 0 bridgehead atoms. The van der Waals surface area contributed by atoms with Gasteiger partial charge in [0.2, 0.25) is 11.8 Å². The van der Waals surface area contributed by atoms with E-state index in [0.29, 0.717) is 12.0 Å². The number of imide groups is 1. The molecule has 1 heterocycles. The molecule has 0 aliphatic carbocycles. The molecule has 2 rings (SSSR count). The molecule has 1 aromatic rings. The van der Waals surface area contributed by atoms with Gasteiger partial charge in [-0.05, 0) is 24.1 Å². The number of urea groups is 1. The number of benzene rings is 1. The van der Waals surface area contributed by atoms with E-state index in [9.17, 15) is 19.2 Å². The predicted molar refractivity (Wildman–Crippen MR) is 96.0 cm³/mol. The van der Waals surface area contributed by atoms with Crippen LogP contribution in [-0.4, -0.2) is 60.9 Å². The Labute approximate surface area is 159 Å². The van der Waals surface area contributed by atoms with Gasteiger partial charge in [0.25, 0.3) is 0 Å². The van der Waals surface area contributed by atoms with E-state index in [0.717, 1.165) is 9.37 Å². The van der Waals surface area contributed by atoms with Crippen LogP contribution in [0.1, 0.15) is 24.4 Å². The second-order valence-electron chi connectivity index (χ2n) is 5.86. The lowest BCUT2D eigenvalue weighted by Gasteiger charge is -2.18. The van der Waals surface area contributed by atoms with Crippen LogP contribution in [0.15, 0.2) is 28.7 Å². The van der Waals surface area contributed by atoms with Crippen LogP contribution in [0.5, 0.6) is 0 Å². The number of halogens is 1. The van der Waals surface area contributed by atoms with Crippen LogP contribution in [0, 0.1) is 0 Å². The summed E-state index contributed by atoms with van der Waals surface area (Å²) in [6.45, 7) is 0.218. The number of nitrogens with zero attached hydrogens (tertiary/aromatic N) is 2. The van der Waals surface area contributed by atoms with Crippen LogP contribution in [0.25, 0.3) is 0 Å². The van der Waals surface area contributed by atoms with E-state index in [4.69, 9.17) is 4.74 Å². The molecular weight excluding hydrogens is 406 g/mol. The lowest BCUT2D eigenvalue weighted by molar-refractivity contribution is -0.145. The highest BCUT2D eigenvalue weighted by Gasteiger charge is 2.33. The number of nitrogens with one attached hydrogen (secondary N) is 1. The molecule has 1 saturated heterocycles. The molecule has 140 valence electrons. The second-order valence-corrected chi connectivity index (χ2v) is 6.78. The van der Waals surface area contributed by atoms with E-state index in [1.165, 1.54) is 12.0 Å². The maximum atomic E-state index is 12.2. The number of carbonyl (C=O) groups excluding carboxylic acids is 4. The van der Waals surface area contributed by atoms with Gasteiger partial charge in [-0.2, -0.15) is 0 Å². The summed E-state index contributed by atoms with van der Waals surface area (Å²) in [5, 5.41) is 2.63. The molecule has 0 radical (unpaired) electrons. The Morgan fingerprint density at radius 2 is 1.92 bits per heavy atom. The Balaban J connectivity index is 1.91. The fraction of sp³-hybridized carbons (Fsp3) is 0.412. The highest BCUT2D eigenvalue weighted by molar-refractivity contribution is 9.10. The minimum absolute atomic E-state index is 0.0546. The van der Waals surface area contributed by atoms with Crippen molar-refractivity contribution < 1.29 is 23.9 Å². The normalized spacial score (nSPS) is 15.2. The largest absolute Gasteiger partial charge is 0.467 e. The summed E-state index contributed by atoms with van der Waals surface area (Å²) in [7, 11) is 2.80. The van der Waals surface area contributed by atoms with Gasteiger partial charge in [0, 0.05) is 24.5 Å². The third-order valence-corrected chi connectivity index (χ3v) is 4.49. The lowest BCUT2D eigenvalue weighted by atomic mass is 10.1. The molecule has 1 aliphatic rings. The van der Waals surface area contributed by atoms with Gasteiger partial charge < -0.3 is 15.0 Å². The Bertz CT molecular complexity index is 707. The van der Waals surface area contributed by atoms with Crippen LogP contribution in [-0.2, 0) is 19.1 Å². The predicted octanol–water partition coefficient (Wildman–Crippen LogP) is 1.45. The molecule has 1 aromatic carbocycles. The smallest absolute Gasteiger partial charge is 0.333 e. The summed E-state index contributed by atoms with van der Waals surface area (Å²) in [5.41, 5.74) is 0.597. The van der Waals surface area contributed by atoms with Gasteiger partial charge in [-0.15, -0.1) is 0 Å². The van der Waals surface area contributed by atoms with E-state index in [-0.39, 0.29) is 37.4 Å². The molecule has 1 fully saturated rings. The molecule has 1 N–H and O–H groups in total. The molecule has 1 aliphatic heterocycles. The monoisotopic (exact) mass is 425 g/mol. The summed E-state index contributed by atoms with van der Waals surface area (Å²) in [4.78, 5) is 50.1. The molecule has 9 heteroatoms. The zero-order chi connectivity index (χ0) is 19.3. The maximum absolute atomic E-state index is 12.2. The van der Waals surface area contributed by atoms with Gasteiger partial charge in [0.05, 0.1) is 7.11 Å². The molecule has 0 aromatic heterocycles. The van der Waals surface area contributed by atoms with Crippen molar-refractivity contribution in [2.75, 3.05) is 27.2 Å². The van der Waals surface area contributed by atoms with Crippen LogP contribution in [0.3, 0.4) is 0 Å². The third-order valence-electron chi connectivity index (χ3n) is 3.96. The van der Waals surface area contributed by atoms with E-state index in [2.05, 4.69) is 21.2 Å². The number of hydrogen-bond acceptors (Lipinski definition) is 5. The van der Waals surface area contributed by atoms with Crippen molar-refractivity contribution in [3.8, 4) is 0 Å². The van der Waals surface area contributed by atoms with Gasteiger partial charge >= 0.3 is 12.0 Å². The van der Waals surface area contributed by atoms with Gasteiger partial charge in [0.1, 0.15) is 6.54 Å². The summed E-state index contributed by atoms with van der Waals surface area (Å²) in [6, 6.07) is 5.67. The quantitative estimate of drug-likeness (QED) is 0.526. The number of amides is 4. The van der Waals surface area contributed by atoms with Crippen molar-refractivity contribution in [3.63, 3.8) is 0 Å². The Kier molecular flexibility index (Phi) is 6.73. The number of carbonyl (C=O) groups is 4. The highest BCUT2D eigenvalue weighted by Crippen LogP contribution is 2.18. The first-order chi connectivity index (χ1) is 12.3. The minimum Gasteiger partial charge on any atom is -0.467 e. The molecule has 0 saturated carbocycles. The van der Waals surface area contributed by atoms with Gasteiger partial charge in [-0.3, -0.25) is 14.5 Å². The third kappa shape index (κ3) is 4.81. The average Bonchev–Trinajstić information content (AvgIpc) is 2.86. The SMILES string of the molecule is COC(=O)C(NC(=O)CCCN1C(=O)CN(C)C1=O)c1ccc(Br)cc1. The maximum Gasteiger partial charge on any atom is 0.333 e. The highest BCUT2D eigenvalue weighted by atomic mass is 79.9. The molecule has 26 heavy (non-hydrogen) atoms. The summed E-state index contributed by atoms with van der Waals surface area (Å²) in [5.74, 6) is -1.22. The number of hydrogen-bond donors (Lipinski definition) is 1. The van der Waals surface area contributed by atoms with Crippen molar-refractivity contribution in [3.05, 3.63) is 34.3 Å². The van der Waals surface area contributed by atoms with Crippen LogP contribution < -0.4 is 5.32 Å². The Morgan fingerprint density at radius 3 is 2.46 bits per heavy atom. The van der Waals surface area contributed by atoms with Gasteiger partial charge in [-0.1, -0.05) is 28.1 Å². The van der Waals surface area contributed by atoms with Crippen molar-refractivity contribution in [1.82, 2.24) is 15.1 Å².